The van der Waals surface area contributed by atoms with Crippen LogP contribution in [0.2, 0.25) is 0 Å². The van der Waals surface area contributed by atoms with Crippen molar-refractivity contribution in [2.45, 2.75) is 13.1 Å². The van der Waals surface area contributed by atoms with E-state index in [1.165, 1.54) is 18.2 Å². The highest BCUT2D eigenvalue weighted by Gasteiger charge is 2.30. The summed E-state index contributed by atoms with van der Waals surface area (Å²) in [5.41, 5.74) is -0.435. The van der Waals surface area contributed by atoms with E-state index in [1.54, 1.807) is 6.92 Å². The number of rotatable bonds is 7. The Morgan fingerprint density at radius 2 is 1.74 bits per heavy atom. The van der Waals surface area contributed by atoms with E-state index in [-0.39, 0.29) is 11.3 Å². The highest BCUT2D eigenvalue weighted by Crippen LogP contribution is 2.29. The average Bonchev–Trinajstić information content (AvgIpc) is 2.71. The molecule has 2 N–H and O–H groups in total. The molecule has 0 unspecified atom stereocenters. The minimum Gasteiger partial charge on any atom is -0.454 e. The van der Waals surface area contributed by atoms with Gasteiger partial charge >= 0.3 is 12.1 Å². The van der Waals surface area contributed by atoms with Gasteiger partial charge < -0.3 is 15.4 Å². The molecule has 0 aliphatic heterocycles. The van der Waals surface area contributed by atoms with Crippen molar-refractivity contribution in [2.75, 3.05) is 18.5 Å². The van der Waals surface area contributed by atoms with Gasteiger partial charge in [0, 0.05) is 23.4 Å². The maximum absolute atomic E-state index is 12.5. The molecule has 0 radical (unpaired) electrons. The zero-order valence-electron chi connectivity index (χ0n) is 16.0. The first-order valence-electron chi connectivity index (χ1n) is 8.63. The topological polar surface area (TPSA) is 128 Å². The first kappa shape index (κ1) is 23.3. The van der Waals surface area contributed by atoms with Crippen molar-refractivity contribution in [2.24, 2.45) is 0 Å². The highest BCUT2D eigenvalue weighted by molar-refractivity contribution is 5.96. The maximum atomic E-state index is 12.5. The number of nitro groups is 1. The van der Waals surface area contributed by atoms with E-state index in [2.05, 4.69) is 10.6 Å². The third-order valence-electron chi connectivity index (χ3n) is 3.93. The fourth-order valence-corrected chi connectivity index (χ4v) is 2.35. The molecule has 0 spiro atoms. The Hall–Kier alpha value is -3.96. The third-order valence-corrected chi connectivity index (χ3v) is 3.93. The zero-order chi connectivity index (χ0) is 23.2. The quantitative estimate of drug-likeness (QED) is 0.388. The largest absolute Gasteiger partial charge is 0.454 e. The fraction of sp³-hybridized carbons (Fsp3) is 0.211. The molecule has 0 saturated heterocycles. The Morgan fingerprint density at radius 1 is 1.10 bits per heavy atom. The van der Waals surface area contributed by atoms with E-state index in [4.69, 9.17) is 4.74 Å². The summed E-state index contributed by atoms with van der Waals surface area (Å²) in [6.07, 6.45) is -4.54. The SMILES string of the molecule is Cc1cc([N+](=O)[O-])ccc1NC(=O)COC(=O)CNC(=O)c1ccc(C(F)(F)F)cc1. The molecule has 0 aliphatic rings. The standard InChI is InChI=1S/C19H16F3N3O6/c1-11-8-14(25(29)30)6-7-15(11)24-16(26)10-31-17(27)9-23-18(28)12-2-4-13(5-3-12)19(20,21)22/h2-8H,9-10H2,1H3,(H,23,28)(H,24,26). The van der Waals surface area contributed by atoms with Gasteiger partial charge in [-0.25, -0.2) is 0 Å². The number of anilines is 1. The highest BCUT2D eigenvalue weighted by atomic mass is 19.4. The van der Waals surface area contributed by atoms with Crippen LogP contribution in [0.4, 0.5) is 24.5 Å². The number of ether oxygens (including phenoxy) is 1. The summed E-state index contributed by atoms with van der Waals surface area (Å²) in [5, 5.41) is 15.3. The smallest absolute Gasteiger partial charge is 0.416 e. The van der Waals surface area contributed by atoms with Gasteiger partial charge in [-0.2, -0.15) is 13.2 Å². The lowest BCUT2D eigenvalue weighted by molar-refractivity contribution is -0.384. The first-order chi connectivity index (χ1) is 14.5. The normalized spacial score (nSPS) is 10.8. The van der Waals surface area contributed by atoms with Crippen LogP contribution in [0.5, 0.6) is 0 Å². The maximum Gasteiger partial charge on any atom is 0.416 e. The van der Waals surface area contributed by atoms with Crippen LogP contribution in [-0.2, 0) is 20.5 Å². The molecule has 0 saturated carbocycles. The minimum absolute atomic E-state index is 0.0906. The van der Waals surface area contributed by atoms with Gasteiger partial charge in [-0.1, -0.05) is 0 Å². The number of carbonyl (C=O) groups excluding carboxylic acids is 3. The molecule has 2 aromatic rings. The molecule has 2 rings (SSSR count). The molecular weight excluding hydrogens is 423 g/mol. The van der Waals surface area contributed by atoms with Crippen LogP contribution >= 0.6 is 0 Å². The summed E-state index contributed by atoms with van der Waals surface area (Å²) < 4.78 is 42.2. The van der Waals surface area contributed by atoms with Crippen LogP contribution in [0.1, 0.15) is 21.5 Å². The number of benzene rings is 2. The number of aryl methyl sites for hydroxylation is 1. The van der Waals surface area contributed by atoms with Crippen molar-refractivity contribution in [3.63, 3.8) is 0 Å². The number of non-ortho nitro benzene ring substituents is 1. The van der Waals surface area contributed by atoms with Crippen LogP contribution in [-0.4, -0.2) is 35.9 Å². The van der Waals surface area contributed by atoms with Crippen molar-refractivity contribution in [1.82, 2.24) is 5.32 Å². The van der Waals surface area contributed by atoms with E-state index in [1.807, 2.05) is 0 Å². The molecule has 0 fully saturated rings. The second-order valence-corrected chi connectivity index (χ2v) is 6.22. The molecule has 2 amide bonds. The summed E-state index contributed by atoms with van der Waals surface area (Å²) in [7, 11) is 0. The number of hydrogen-bond donors (Lipinski definition) is 2. The predicted octanol–water partition coefficient (Wildman–Crippen LogP) is 2.83. The summed E-state index contributed by atoms with van der Waals surface area (Å²) in [5.74, 6) is -2.45. The van der Waals surface area contributed by atoms with Gasteiger partial charge in [0.2, 0.25) is 0 Å². The Labute approximate surface area is 173 Å². The number of nitrogens with one attached hydrogen (secondary N) is 2. The van der Waals surface area contributed by atoms with E-state index in [0.717, 1.165) is 24.3 Å². The second kappa shape index (κ2) is 9.69. The summed E-state index contributed by atoms with van der Waals surface area (Å²) in [4.78, 5) is 45.5. The molecule has 2 aromatic carbocycles. The number of nitrogens with zero attached hydrogens (tertiary/aromatic N) is 1. The van der Waals surface area contributed by atoms with Gasteiger partial charge in [0.15, 0.2) is 6.61 Å². The average molecular weight is 439 g/mol. The van der Waals surface area contributed by atoms with Crippen LogP contribution in [0.3, 0.4) is 0 Å². The van der Waals surface area contributed by atoms with Gasteiger partial charge in [-0.05, 0) is 42.8 Å². The van der Waals surface area contributed by atoms with Crippen LogP contribution in [0.25, 0.3) is 0 Å². The number of carbonyl (C=O) groups is 3. The predicted molar refractivity (Wildman–Crippen MR) is 101 cm³/mol. The number of hydrogen-bond acceptors (Lipinski definition) is 6. The van der Waals surface area contributed by atoms with Crippen LogP contribution in [0.15, 0.2) is 42.5 Å². The number of esters is 1. The number of halogens is 3. The van der Waals surface area contributed by atoms with Gasteiger partial charge in [-0.15, -0.1) is 0 Å². The van der Waals surface area contributed by atoms with E-state index in [9.17, 15) is 37.7 Å². The Bertz CT molecular complexity index is 1010. The molecule has 0 heterocycles. The molecular formula is C19H16F3N3O6. The van der Waals surface area contributed by atoms with Crippen LogP contribution in [0, 0.1) is 17.0 Å². The van der Waals surface area contributed by atoms with E-state index < -0.39 is 47.6 Å². The molecule has 12 heteroatoms. The van der Waals surface area contributed by atoms with E-state index in [0.29, 0.717) is 11.3 Å². The molecule has 9 nitrogen and oxygen atoms in total. The van der Waals surface area contributed by atoms with Crippen LogP contribution < -0.4 is 10.6 Å². The fourth-order valence-electron chi connectivity index (χ4n) is 2.35. The number of nitro benzene ring substituents is 1. The van der Waals surface area contributed by atoms with Crippen molar-refractivity contribution < 1.29 is 37.2 Å². The molecule has 31 heavy (non-hydrogen) atoms. The summed E-state index contributed by atoms with van der Waals surface area (Å²) in [6.45, 7) is 0.264. The van der Waals surface area contributed by atoms with Crippen molar-refractivity contribution in [1.29, 1.82) is 0 Å². The summed E-state index contributed by atoms with van der Waals surface area (Å²) >= 11 is 0. The lowest BCUT2D eigenvalue weighted by Gasteiger charge is -2.10. The summed E-state index contributed by atoms with van der Waals surface area (Å²) in [6, 6.07) is 7.18. The third kappa shape index (κ3) is 6.80. The molecule has 0 bridgehead atoms. The van der Waals surface area contributed by atoms with Gasteiger partial charge in [0.05, 0.1) is 10.5 Å². The van der Waals surface area contributed by atoms with Crippen molar-refractivity contribution in [3.05, 3.63) is 69.3 Å². The second-order valence-electron chi connectivity index (χ2n) is 6.22. The molecule has 0 aliphatic carbocycles. The minimum atomic E-state index is -4.54. The number of alkyl halides is 3. The van der Waals surface area contributed by atoms with Gasteiger partial charge in [0.1, 0.15) is 6.54 Å². The zero-order valence-corrected chi connectivity index (χ0v) is 16.0. The lowest BCUT2D eigenvalue weighted by atomic mass is 10.1. The first-order valence-corrected chi connectivity index (χ1v) is 8.63. The molecule has 0 atom stereocenters. The molecule has 164 valence electrons. The Kier molecular flexibility index (Phi) is 7.29. The van der Waals surface area contributed by atoms with Gasteiger partial charge in [0.25, 0.3) is 17.5 Å². The number of amides is 2. The van der Waals surface area contributed by atoms with Crippen molar-refractivity contribution in [3.8, 4) is 0 Å². The molecule has 0 aromatic heterocycles. The van der Waals surface area contributed by atoms with Crippen molar-refractivity contribution >= 4 is 29.2 Å². The van der Waals surface area contributed by atoms with Gasteiger partial charge in [-0.3, -0.25) is 24.5 Å². The lowest BCUT2D eigenvalue weighted by Crippen LogP contribution is -2.32. The Morgan fingerprint density at radius 3 is 2.29 bits per heavy atom. The van der Waals surface area contributed by atoms with E-state index >= 15 is 0 Å². The monoisotopic (exact) mass is 439 g/mol. The Balaban J connectivity index is 1.79.